The van der Waals surface area contributed by atoms with Gasteiger partial charge in [-0.3, -0.25) is 4.79 Å². The van der Waals surface area contributed by atoms with Gasteiger partial charge < -0.3 is 24.3 Å². The van der Waals surface area contributed by atoms with Gasteiger partial charge in [0.1, 0.15) is 24.7 Å². The van der Waals surface area contributed by atoms with Gasteiger partial charge in [0.2, 0.25) is 5.91 Å². The molecule has 0 spiro atoms. The first-order chi connectivity index (χ1) is 14.2. The molecule has 2 rings (SSSR count). The zero-order chi connectivity index (χ0) is 20.7. The quantitative estimate of drug-likeness (QED) is 0.414. The Morgan fingerprint density at radius 1 is 0.828 bits per heavy atom. The van der Waals surface area contributed by atoms with Gasteiger partial charge in [-0.05, 0) is 47.9 Å². The third-order valence-corrected chi connectivity index (χ3v) is 4.06. The third-order valence-electron chi connectivity index (χ3n) is 4.06. The summed E-state index contributed by atoms with van der Waals surface area (Å²) in [5.41, 5.74) is 2.07. The lowest BCUT2D eigenvalue weighted by molar-refractivity contribution is -0.116. The van der Waals surface area contributed by atoms with Crippen LogP contribution in [0.1, 0.15) is 11.1 Å². The molecule has 0 unspecified atom stereocenters. The van der Waals surface area contributed by atoms with E-state index in [0.29, 0.717) is 33.0 Å². The van der Waals surface area contributed by atoms with Crippen molar-refractivity contribution in [3.05, 3.63) is 65.7 Å². The second kappa shape index (κ2) is 13.4. The molecule has 0 aliphatic rings. The number of carbonyl (C=O) groups excluding carboxylic acids is 1. The van der Waals surface area contributed by atoms with Gasteiger partial charge in [-0.25, -0.2) is 0 Å². The van der Waals surface area contributed by atoms with E-state index in [2.05, 4.69) is 5.32 Å². The molecule has 1 amide bonds. The van der Waals surface area contributed by atoms with E-state index in [1.165, 1.54) is 6.08 Å². The first kappa shape index (κ1) is 22.5. The standard InChI is InChI=1S/C23H29NO5/c1-26-15-17-28-21-8-3-19(4-9-21)7-12-23(25)24-14-13-20-5-10-22(11-6-20)29-18-16-27-2/h3-12H,13-18H2,1-2H3,(H,24,25)/b12-7+. The van der Waals surface area contributed by atoms with E-state index >= 15 is 0 Å². The van der Waals surface area contributed by atoms with Crippen LogP contribution in [-0.4, -0.2) is 53.1 Å². The average Bonchev–Trinajstić information content (AvgIpc) is 2.75. The van der Waals surface area contributed by atoms with Gasteiger partial charge in [0.25, 0.3) is 0 Å². The fourth-order valence-electron chi connectivity index (χ4n) is 2.47. The molecule has 0 heterocycles. The Bertz CT molecular complexity index is 741. The van der Waals surface area contributed by atoms with Gasteiger partial charge in [0, 0.05) is 26.8 Å². The summed E-state index contributed by atoms with van der Waals surface area (Å²) >= 11 is 0. The summed E-state index contributed by atoms with van der Waals surface area (Å²) < 4.78 is 20.9. The fraction of sp³-hybridized carbons (Fsp3) is 0.348. The molecule has 2 aromatic carbocycles. The van der Waals surface area contributed by atoms with Crippen LogP contribution >= 0.6 is 0 Å². The molecule has 2 aromatic rings. The Labute approximate surface area is 172 Å². The van der Waals surface area contributed by atoms with Crippen molar-refractivity contribution in [2.45, 2.75) is 6.42 Å². The van der Waals surface area contributed by atoms with Crippen molar-refractivity contribution < 1.29 is 23.7 Å². The van der Waals surface area contributed by atoms with Crippen LogP contribution in [0.15, 0.2) is 54.6 Å². The maximum Gasteiger partial charge on any atom is 0.244 e. The molecule has 0 saturated carbocycles. The molecule has 0 aliphatic carbocycles. The van der Waals surface area contributed by atoms with Crippen molar-refractivity contribution in [3.8, 4) is 11.5 Å². The molecule has 0 saturated heterocycles. The van der Waals surface area contributed by atoms with Gasteiger partial charge in [0.05, 0.1) is 13.2 Å². The predicted molar refractivity (Wildman–Crippen MR) is 113 cm³/mol. The number of nitrogens with one attached hydrogen (secondary N) is 1. The first-order valence-corrected chi connectivity index (χ1v) is 9.59. The average molecular weight is 399 g/mol. The topological polar surface area (TPSA) is 66.0 Å². The number of amides is 1. The fourth-order valence-corrected chi connectivity index (χ4v) is 2.47. The summed E-state index contributed by atoms with van der Waals surface area (Å²) in [5.74, 6) is 1.47. The number of methoxy groups -OCH3 is 2. The maximum absolute atomic E-state index is 12.0. The minimum atomic E-state index is -0.120. The summed E-state index contributed by atoms with van der Waals surface area (Å²) in [6, 6.07) is 15.4. The molecular weight excluding hydrogens is 370 g/mol. The number of carbonyl (C=O) groups is 1. The summed E-state index contributed by atoms with van der Waals surface area (Å²) in [6.45, 7) is 2.72. The highest BCUT2D eigenvalue weighted by atomic mass is 16.5. The van der Waals surface area contributed by atoms with Gasteiger partial charge >= 0.3 is 0 Å². The molecule has 156 valence electrons. The lowest BCUT2D eigenvalue weighted by Gasteiger charge is -2.07. The van der Waals surface area contributed by atoms with Crippen LogP contribution in [0.4, 0.5) is 0 Å². The highest BCUT2D eigenvalue weighted by molar-refractivity contribution is 5.91. The van der Waals surface area contributed by atoms with Crippen LogP contribution in [-0.2, 0) is 20.7 Å². The molecule has 0 fully saturated rings. The number of ether oxygens (including phenoxy) is 4. The van der Waals surface area contributed by atoms with Crippen LogP contribution in [0.25, 0.3) is 6.08 Å². The van der Waals surface area contributed by atoms with Crippen LogP contribution in [0.2, 0.25) is 0 Å². The van der Waals surface area contributed by atoms with Gasteiger partial charge in [-0.15, -0.1) is 0 Å². The van der Waals surface area contributed by atoms with E-state index in [4.69, 9.17) is 18.9 Å². The lowest BCUT2D eigenvalue weighted by Crippen LogP contribution is -2.23. The van der Waals surface area contributed by atoms with Crippen molar-refractivity contribution in [2.75, 3.05) is 47.2 Å². The lowest BCUT2D eigenvalue weighted by atomic mass is 10.1. The second-order valence-electron chi connectivity index (χ2n) is 6.27. The monoisotopic (exact) mass is 399 g/mol. The summed E-state index contributed by atoms with van der Waals surface area (Å²) in [4.78, 5) is 12.0. The molecule has 29 heavy (non-hydrogen) atoms. The van der Waals surface area contributed by atoms with E-state index in [9.17, 15) is 4.79 Å². The normalized spacial score (nSPS) is 10.8. The van der Waals surface area contributed by atoms with Crippen molar-refractivity contribution in [1.82, 2.24) is 5.32 Å². The Kier molecular flexibility index (Phi) is 10.3. The van der Waals surface area contributed by atoms with Gasteiger partial charge in [-0.2, -0.15) is 0 Å². The SMILES string of the molecule is COCCOc1ccc(/C=C/C(=O)NCCc2ccc(OCCOC)cc2)cc1. The Hall–Kier alpha value is -2.83. The Balaban J connectivity index is 1.68. The summed E-state index contributed by atoms with van der Waals surface area (Å²) in [7, 11) is 3.28. The molecule has 0 aliphatic heterocycles. The van der Waals surface area contributed by atoms with Crippen molar-refractivity contribution >= 4 is 12.0 Å². The van der Waals surface area contributed by atoms with E-state index in [0.717, 1.165) is 29.0 Å². The molecular formula is C23H29NO5. The Morgan fingerprint density at radius 3 is 1.93 bits per heavy atom. The third kappa shape index (κ3) is 9.27. The first-order valence-electron chi connectivity index (χ1n) is 9.59. The van der Waals surface area contributed by atoms with E-state index in [1.807, 2.05) is 48.5 Å². The minimum absolute atomic E-state index is 0.120. The summed E-state index contributed by atoms with van der Waals surface area (Å²) in [6.07, 6.45) is 4.07. The highest BCUT2D eigenvalue weighted by Gasteiger charge is 1.99. The number of hydrogen-bond acceptors (Lipinski definition) is 5. The van der Waals surface area contributed by atoms with E-state index in [-0.39, 0.29) is 5.91 Å². The van der Waals surface area contributed by atoms with Gasteiger partial charge in [0.15, 0.2) is 0 Å². The van der Waals surface area contributed by atoms with Crippen LogP contribution in [0.5, 0.6) is 11.5 Å². The van der Waals surface area contributed by atoms with Crippen LogP contribution in [0, 0.1) is 0 Å². The van der Waals surface area contributed by atoms with Crippen molar-refractivity contribution in [3.63, 3.8) is 0 Å². The van der Waals surface area contributed by atoms with Crippen molar-refractivity contribution in [1.29, 1.82) is 0 Å². The molecule has 0 bridgehead atoms. The van der Waals surface area contributed by atoms with Crippen molar-refractivity contribution in [2.24, 2.45) is 0 Å². The number of hydrogen-bond donors (Lipinski definition) is 1. The van der Waals surface area contributed by atoms with E-state index < -0.39 is 0 Å². The largest absolute Gasteiger partial charge is 0.491 e. The van der Waals surface area contributed by atoms with Crippen LogP contribution in [0.3, 0.4) is 0 Å². The zero-order valence-corrected chi connectivity index (χ0v) is 17.1. The minimum Gasteiger partial charge on any atom is -0.491 e. The van der Waals surface area contributed by atoms with E-state index in [1.54, 1.807) is 20.3 Å². The molecule has 6 heteroatoms. The second-order valence-corrected chi connectivity index (χ2v) is 6.27. The highest BCUT2D eigenvalue weighted by Crippen LogP contribution is 2.13. The predicted octanol–water partition coefficient (Wildman–Crippen LogP) is 3.11. The Morgan fingerprint density at radius 2 is 1.38 bits per heavy atom. The zero-order valence-electron chi connectivity index (χ0n) is 17.1. The number of rotatable bonds is 13. The smallest absolute Gasteiger partial charge is 0.244 e. The molecule has 0 radical (unpaired) electrons. The molecule has 6 nitrogen and oxygen atoms in total. The molecule has 1 N–H and O–H groups in total. The van der Waals surface area contributed by atoms with Gasteiger partial charge in [-0.1, -0.05) is 24.3 Å². The number of benzene rings is 2. The van der Waals surface area contributed by atoms with Crippen LogP contribution < -0.4 is 14.8 Å². The summed E-state index contributed by atoms with van der Waals surface area (Å²) in [5, 5.41) is 2.89. The molecule has 0 aromatic heterocycles. The molecule has 0 atom stereocenters. The maximum atomic E-state index is 12.0.